The van der Waals surface area contributed by atoms with Crippen LogP contribution in [0, 0.1) is 17.8 Å². The van der Waals surface area contributed by atoms with E-state index in [-0.39, 0.29) is 36.8 Å². The Balaban J connectivity index is 1.05. The molecule has 6 nitrogen and oxygen atoms in total. The molecule has 4 atom stereocenters. The Labute approximate surface area is 232 Å². The number of carbonyl (C=O) groups is 1. The maximum absolute atomic E-state index is 13.6. The number of halogens is 2. The summed E-state index contributed by atoms with van der Waals surface area (Å²) in [6, 6.07) is 16.9. The van der Waals surface area contributed by atoms with Crippen LogP contribution >= 0.6 is 0 Å². The Bertz CT molecular complexity index is 1490. The molecule has 206 valence electrons. The highest BCUT2D eigenvalue weighted by Crippen LogP contribution is 2.57. The van der Waals surface area contributed by atoms with Crippen LogP contribution in [0.3, 0.4) is 0 Å². The van der Waals surface area contributed by atoms with Crippen LogP contribution in [-0.2, 0) is 4.79 Å². The van der Waals surface area contributed by atoms with E-state index in [1.165, 1.54) is 0 Å². The van der Waals surface area contributed by atoms with E-state index in [9.17, 15) is 13.6 Å². The molecule has 1 saturated heterocycles. The fraction of sp³-hybridized carbons (Fsp3) is 0.406. The number of carbonyl (C=O) groups excluding carboxylic acids is 1. The zero-order valence-electron chi connectivity index (χ0n) is 22.5. The average Bonchev–Trinajstić information content (AvgIpc) is 3.52. The number of H-pyrrole nitrogens is 2. The summed E-state index contributed by atoms with van der Waals surface area (Å²) in [5.74, 6) is -0.620. The molecule has 2 aromatic carbocycles. The highest BCUT2D eigenvalue weighted by atomic mass is 19.3. The van der Waals surface area contributed by atoms with Gasteiger partial charge in [-0.15, -0.1) is 0 Å². The average molecular weight is 542 g/mol. The molecule has 2 aromatic heterocycles. The summed E-state index contributed by atoms with van der Waals surface area (Å²) in [5, 5.41) is 0. The van der Waals surface area contributed by atoms with Gasteiger partial charge in [-0.2, -0.15) is 0 Å². The van der Waals surface area contributed by atoms with Gasteiger partial charge in [-0.05, 0) is 59.3 Å². The molecule has 3 fully saturated rings. The van der Waals surface area contributed by atoms with Crippen LogP contribution < -0.4 is 0 Å². The van der Waals surface area contributed by atoms with Gasteiger partial charge >= 0.3 is 0 Å². The van der Waals surface area contributed by atoms with Crippen molar-refractivity contribution in [1.82, 2.24) is 24.8 Å². The van der Waals surface area contributed by atoms with Crippen molar-refractivity contribution in [3.8, 4) is 33.6 Å². The largest absolute Gasteiger partial charge is 0.345 e. The molecule has 2 aliphatic carbocycles. The van der Waals surface area contributed by atoms with Crippen LogP contribution in [0.5, 0.6) is 0 Å². The number of imidazole rings is 2. The topological polar surface area (TPSA) is 77.7 Å². The summed E-state index contributed by atoms with van der Waals surface area (Å²) in [6.07, 6.45) is 7.25. The number of hydrogen-bond donors (Lipinski definition) is 2. The lowest BCUT2D eigenvalue weighted by atomic mass is 9.84. The second kappa shape index (κ2) is 9.68. The Morgan fingerprint density at radius 1 is 0.950 bits per heavy atom. The first kappa shape index (κ1) is 25.2. The Morgan fingerprint density at radius 3 is 2.20 bits per heavy atom. The van der Waals surface area contributed by atoms with Crippen LogP contribution in [-0.4, -0.2) is 42.7 Å². The van der Waals surface area contributed by atoms with E-state index in [2.05, 4.69) is 70.4 Å². The Morgan fingerprint density at radius 2 is 1.57 bits per heavy atom. The van der Waals surface area contributed by atoms with Gasteiger partial charge in [-0.25, -0.2) is 18.7 Å². The summed E-state index contributed by atoms with van der Waals surface area (Å²) in [4.78, 5) is 30.9. The van der Waals surface area contributed by atoms with Gasteiger partial charge in [-0.3, -0.25) is 4.79 Å². The first-order valence-electron chi connectivity index (χ1n) is 14.3. The molecule has 0 radical (unpaired) electrons. The van der Waals surface area contributed by atoms with Crippen molar-refractivity contribution < 1.29 is 13.6 Å². The van der Waals surface area contributed by atoms with E-state index >= 15 is 0 Å². The van der Waals surface area contributed by atoms with Crippen LogP contribution in [0.2, 0.25) is 0 Å². The van der Waals surface area contributed by atoms with Gasteiger partial charge in [0.15, 0.2) is 0 Å². The number of rotatable bonds is 6. The molecule has 8 heteroatoms. The molecule has 1 aliphatic heterocycles. The fourth-order valence-electron chi connectivity index (χ4n) is 6.91. The molecule has 3 heterocycles. The zero-order valence-corrected chi connectivity index (χ0v) is 22.5. The molecule has 0 spiro atoms. The molecule has 4 aromatic rings. The molecule has 40 heavy (non-hydrogen) atoms. The van der Waals surface area contributed by atoms with Gasteiger partial charge in [0.25, 0.3) is 0 Å². The second-order valence-corrected chi connectivity index (χ2v) is 11.9. The number of alkyl halides is 2. The van der Waals surface area contributed by atoms with Crippen LogP contribution in [0.25, 0.3) is 33.6 Å². The number of piperidine rings is 1. The monoisotopic (exact) mass is 541 g/mol. The molecule has 1 unspecified atom stereocenters. The number of hydrogen-bond acceptors (Lipinski definition) is 3. The highest BCUT2D eigenvalue weighted by Gasteiger charge is 2.60. The number of aromatic nitrogens is 4. The van der Waals surface area contributed by atoms with E-state index in [0.717, 1.165) is 45.9 Å². The third-order valence-electron chi connectivity index (χ3n) is 9.39. The Hall–Kier alpha value is -3.81. The van der Waals surface area contributed by atoms with Gasteiger partial charge in [0.05, 0.1) is 36.2 Å². The molecule has 2 saturated carbocycles. The molecular weight excluding hydrogens is 508 g/mol. The maximum atomic E-state index is 13.6. The Kier molecular flexibility index (Phi) is 6.09. The predicted octanol–water partition coefficient (Wildman–Crippen LogP) is 7.26. The van der Waals surface area contributed by atoms with Crippen molar-refractivity contribution in [1.29, 1.82) is 0 Å². The van der Waals surface area contributed by atoms with E-state index in [4.69, 9.17) is 4.98 Å². The number of fused-ring (bicyclic) bond motifs is 1. The molecule has 1 amide bonds. The van der Waals surface area contributed by atoms with Gasteiger partial charge in [0, 0.05) is 25.3 Å². The molecule has 2 N–H and O–H groups in total. The van der Waals surface area contributed by atoms with Gasteiger partial charge < -0.3 is 14.9 Å². The summed E-state index contributed by atoms with van der Waals surface area (Å²) in [7, 11) is 0. The highest BCUT2D eigenvalue weighted by molar-refractivity contribution is 5.78. The molecule has 7 rings (SSSR count). The SMILES string of the molecule is CC1[C@@H]2[C@H]1C[C@@H](c1ncc(-c3ccc(-c4ccc(-c5cnc[nH]5)cc4)cc3)[nH]1)N2C(=O)CC1CCC(F)(F)CC1. The standard InChI is InChI=1S/C32H33F2N5O/c1-19-25-15-28(39(30(19)25)29(40)14-20-10-12-32(33,34)13-11-20)31-36-17-27(38-31)24-8-4-22(5-9-24)21-2-6-23(7-3-21)26-16-35-18-37-26/h2-9,16-20,25,28,30H,10-15H2,1H3,(H,35,37)(H,36,38)/t19?,25-,28-,30+/m0/s1. The minimum absolute atomic E-state index is 0.0493. The first-order valence-corrected chi connectivity index (χ1v) is 14.3. The lowest BCUT2D eigenvalue weighted by molar-refractivity contribution is -0.136. The van der Waals surface area contributed by atoms with Gasteiger partial charge in [-0.1, -0.05) is 55.5 Å². The summed E-state index contributed by atoms with van der Waals surface area (Å²) in [5.41, 5.74) is 6.30. The number of nitrogens with one attached hydrogen (secondary N) is 2. The summed E-state index contributed by atoms with van der Waals surface area (Å²) < 4.78 is 27.2. The lowest BCUT2D eigenvalue weighted by Crippen LogP contribution is -2.37. The third-order valence-corrected chi connectivity index (χ3v) is 9.39. The van der Waals surface area contributed by atoms with Gasteiger partial charge in [0.2, 0.25) is 11.8 Å². The summed E-state index contributed by atoms with van der Waals surface area (Å²) in [6.45, 7) is 2.20. The predicted molar refractivity (Wildman–Crippen MR) is 149 cm³/mol. The summed E-state index contributed by atoms with van der Waals surface area (Å²) >= 11 is 0. The van der Waals surface area contributed by atoms with E-state index in [0.29, 0.717) is 31.1 Å². The van der Waals surface area contributed by atoms with Crippen molar-refractivity contribution in [3.63, 3.8) is 0 Å². The van der Waals surface area contributed by atoms with Crippen LogP contribution in [0.4, 0.5) is 8.78 Å². The number of likely N-dealkylation sites (tertiary alicyclic amines) is 1. The normalized spacial score (nSPS) is 25.6. The molecular formula is C32H33F2N5O. The minimum Gasteiger partial charge on any atom is -0.345 e. The smallest absolute Gasteiger partial charge is 0.248 e. The number of aromatic amines is 2. The second-order valence-electron chi connectivity index (χ2n) is 11.9. The van der Waals surface area contributed by atoms with E-state index in [1.807, 2.05) is 17.3 Å². The van der Waals surface area contributed by atoms with Crippen molar-refractivity contribution in [3.05, 3.63) is 73.1 Å². The third kappa shape index (κ3) is 4.63. The van der Waals surface area contributed by atoms with Crippen LogP contribution in [0.15, 0.2) is 67.3 Å². The quantitative estimate of drug-likeness (QED) is 0.270. The van der Waals surface area contributed by atoms with Crippen molar-refractivity contribution in [2.24, 2.45) is 17.8 Å². The fourth-order valence-corrected chi connectivity index (χ4v) is 6.91. The number of benzene rings is 2. The first-order chi connectivity index (χ1) is 19.4. The number of amides is 1. The van der Waals surface area contributed by atoms with E-state index in [1.54, 1.807) is 6.33 Å². The van der Waals surface area contributed by atoms with Crippen molar-refractivity contribution in [2.75, 3.05) is 0 Å². The minimum atomic E-state index is -2.57. The van der Waals surface area contributed by atoms with Crippen molar-refractivity contribution in [2.45, 2.75) is 63.5 Å². The lowest BCUT2D eigenvalue weighted by Gasteiger charge is -2.32. The zero-order chi connectivity index (χ0) is 27.4. The molecule has 0 bridgehead atoms. The van der Waals surface area contributed by atoms with Crippen molar-refractivity contribution >= 4 is 5.91 Å². The number of nitrogens with zero attached hydrogens (tertiary/aromatic N) is 3. The van der Waals surface area contributed by atoms with Gasteiger partial charge in [0.1, 0.15) is 5.82 Å². The van der Waals surface area contributed by atoms with E-state index < -0.39 is 5.92 Å². The van der Waals surface area contributed by atoms with Crippen LogP contribution in [0.1, 0.15) is 57.3 Å². The molecule has 3 aliphatic rings. The maximum Gasteiger partial charge on any atom is 0.248 e.